The number of carbonyl (C=O) groups is 2. The molecule has 9 heteroatoms. The van der Waals surface area contributed by atoms with Gasteiger partial charge >= 0.3 is 5.97 Å². The number of nitrogens with zero attached hydrogens (tertiary/aromatic N) is 3. The van der Waals surface area contributed by atoms with E-state index < -0.39 is 19.9 Å². The molecule has 2 fully saturated rings. The third-order valence-electron chi connectivity index (χ3n) is 9.19. The molecule has 2 aliphatic carbocycles. The zero-order valence-corrected chi connectivity index (χ0v) is 26.8. The summed E-state index contributed by atoms with van der Waals surface area (Å²) < 4.78 is 13.1. The van der Waals surface area contributed by atoms with Crippen LogP contribution in [0.25, 0.3) is 10.9 Å². The molecule has 3 aromatic rings. The van der Waals surface area contributed by atoms with E-state index in [1.54, 1.807) is 30.3 Å². The highest BCUT2D eigenvalue weighted by Crippen LogP contribution is 2.41. The van der Waals surface area contributed by atoms with E-state index in [0.717, 1.165) is 24.1 Å². The molecule has 0 amide bonds. The van der Waals surface area contributed by atoms with Crippen LogP contribution >= 0.6 is 0 Å². The highest BCUT2D eigenvalue weighted by atomic mass is 28.3. The van der Waals surface area contributed by atoms with Gasteiger partial charge in [0.2, 0.25) is 0 Å². The summed E-state index contributed by atoms with van der Waals surface area (Å²) in [5.74, 6) is -0.350. The lowest BCUT2D eigenvalue weighted by Crippen LogP contribution is -2.36. The number of hydrogen-bond acceptors (Lipinski definition) is 7. The number of Topliss-reactive ketones (excluding diaryl/α,β-unsaturated/α-hetero) is 1. The van der Waals surface area contributed by atoms with Gasteiger partial charge in [0.05, 0.1) is 31.1 Å². The minimum absolute atomic E-state index is 0.0691. The summed E-state index contributed by atoms with van der Waals surface area (Å²) in [6, 6.07) is 15.3. The Kier molecular flexibility index (Phi) is 10.1. The minimum Gasteiger partial charge on any atom is -0.494 e. The van der Waals surface area contributed by atoms with Crippen LogP contribution in [0.15, 0.2) is 53.3 Å². The molecule has 0 spiro atoms. The number of benzene rings is 2. The Balaban J connectivity index is 1.29. The topological polar surface area (TPSA) is 100 Å². The van der Waals surface area contributed by atoms with E-state index in [2.05, 4.69) is 30.0 Å². The van der Waals surface area contributed by atoms with Gasteiger partial charge in [-0.25, -0.2) is 4.68 Å². The molecule has 5 rings (SSSR count). The smallest absolute Gasteiger partial charge is 0.310 e. The lowest BCUT2D eigenvalue weighted by Gasteiger charge is -2.24. The van der Waals surface area contributed by atoms with Gasteiger partial charge in [-0.1, -0.05) is 69.1 Å². The number of rotatable bonds is 12. The molecular formula is C34H45N3O5Si. The first-order valence-corrected chi connectivity index (χ1v) is 19.7. The summed E-state index contributed by atoms with van der Waals surface area (Å²) in [5, 5.41) is 8.85. The molecule has 0 unspecified atom stereocenters. The predicted octanol–water partition coefficient (Wildman–Crippen LogP) is 6.55. The first-order valence-electron chi connectivity index (χ1n) is 16.0. The summed E-state index contributed by atoms with van der Waals surface area (Å²) in [6.07, 6.45) is 8.82. The highest BCUT2D eigenvalue weighted by Gasteiger charge is 2.46. The van der Waals surface area contributed by atoms with Crippen LogP contribution in [-0.2, 0) is 16.1 Å². The number of ether oxygens (including phenoxy) is 2. The van der Waals surface area contributed by atoms with E-state index in [0.29, 0.717) is 42.5 Å². The van der Waals surface area contributed by atoms with Gasteiger partial charge < -0.3 is 9.47 Å². The fourth-order valence-corrected chi connectivity index (χ4v) is 7.32. The molecule has 0 saturated heterocycles. The summed E-state index contributed by atoms with van der Waals surface area (Å²) in [5.41, 5.74) is 0.852. The van der Waals surface area contributed by atoms with Crippen molar-refractivity contribution in [1.29, 1.82) is 0 Å². The number of carbonyl (C=O) groups excluding carboxylic acids is 2. The maximum absolute atomic E-state index is 13.8. The van der Waals surface area contributed by atoms with Gasteiger partial charge in [0, 0.05) is 19.6 Å². The van der Waals surface area contributed by atoms with Gasteiger partial charge in [-0.05, 0) is 73.5 Å². The molecule has 0 N–H and O–H groups in total. The molecule has 2 aliphatic rings. The van der Waals surface area contributed by atoms with Gasteiger partial charge in [0.25, 0.3) is 5.56 Å². The molecule has 43 heavy (non-hydrogen) atoms. The quantitative estimate of drug-likeness (QED) is 0.132. The second-order valence-corrected chi connectivity index (χ2v) is 19.2. The Morgan fingerprint density at radius 2 is 1.67 bits per heavy atom. The molecule has 2 saturated carbocycles. The van der Waals surface area contributed by atoms with Crippen LogP contribution < -0.4 is 10.3 Å². The van der Waals surface area contributed by atoms with Crippen molar-refractivity contribution in [3.63, 3.8) is 0 Å². The van der Waals surface area contributed by atoms with Gasteiger partial charge in [0.15, 0.2) is 5.78 Å². The van der Waals surface area contributed by atoms with Gasteiger partial charge in [0.1, 0.15) is 11.3 Å². The first-order chi connectivity index (χ1) is 20.7. The minimum atomic E-state index is -1.41. The highest BCUT2D eigenvalue weighted by molar-refractivity contribution is 6.76. The predicted molar refractivity (Wildman–Crippen MR) is 170 cm³/mol. The van der Waals surface area contributed by atoms with E-state index in [1.165, 1.54) is 36.8 Å². The van der Waals surface area contributed by atoms with Crippen LogP contribution in [0.1, 0.15) is 61.7 Å². The third kappa shape index (κ3) is 7.99. The van der Waals surface area contributed by atoms with Gasteiger partial charge in [-0.15, -0.1) is 5.10 Å². The Morgan fingerprint density at radius 3 is 2.42 bits per heavy atom. The molecule has 0 aliphatic heterocycles. The van der Waals surface area contributed by atoms with Crippen molar-refractivity contribution in [3.05, 3.63) is 64.4 Å². The van der Waals surface area contributed by atoms with E-state index >= 15 is 0 Å². The molecule has 3 atom stereocenters. The maximum atomic E-state index is 13.8. The van der Waals surface area contributed by atoms with Crippen LogP contribution in [0.4, 0.5) is 0 Å². The average molecular weight is 604 g/mol. The Labute approximate surface area is 255 Å². The number of ketones is 1. The van der Waals surface area contributed by atoms with E-state index in [4.69, 9.17) is 9.47 Å². The van der Waals surface area contributed by atoms with Crippen molar-refractivity contribution in [1.82, 2.24) is 15.0 Å². The zero-order valence-electron chi connectivity index (χ0n) is 25.8. The molecule has 8 nitrogen and oxygen atoms in total. The summed E-state index contributed by atoms with van der Waals surface area (Å²) in [4.78, 5) is 40.6. The lowest BCUT2D eigenvalue weighted by atomic mass is 9.84. The van der Waals surface area contributed by atoms with Crippen molar-refractivity contribution in [2.24, 2.45) is 23.7 Å². The van der Waals surface area contributed by atoms with E-state index in [1.807, 2.05) is 18.2 Å². The van der Waals surface area contributed by atoms with Crippen molar-refractivity contribution in [2.75, 3.05) is 13.2 Å². The van der Waals surface area contributed by atoms with Crippen molar-refractivity contribution in [2.45, 2.75) is 83.6 Å². The van der Waals surface area contributed by atoms with Crippen LogP contribution in [0, 0.1) is 23.7 Å². The van der Waals surface area contributed by atoms with Crippen LogP contribution in [0.5, 0.6) is 5.75 Å². The van der Waals surface area contributed by atoms with E-state index in [-0.39, 0.29) is 29.8 Å². The first kappa shape index (κ1) is 31.1. The third-order valence-corrected chi connectivity index (χ3v) is 10.9. The number of aromatic nitrogens is 3. The average Bonchev–Trinajstić information content (AvgIpc) is 3.42. The van der Waals surface area contributed by atoms with Gasteiger partial charge in [-0.3, -0.25) is 14.4 Å². The van der Waals surface area contributed by atoms with Gasteiger partial charge in [-0.2, -0.15) is 0 Å². The number of esters is 1. The normalized spacial score (nSPS) is 21.1. The van der Waals surface area contributed by atoms with E-state index in [9.17, 15) is 14.4 Å². The number of fused-ring (bicyclic) bond motifs is 1. The molecule has 0 radical (unpaired) electrons. The standard InChI is InChI=1S/C34H45N3O5Si/c1-43(2,3)22-21-42-34(40)31-26(23-37-33(39)28-11-7-8-12-30(28)35-36-37)15-18-29(31)32(38)25-13-16-27(17-14-25)41-20-19-24-9-5-4-6-10-24/h7-8,11-14,16-17,24,26,29,31H,4-6,9-10,15,18-23H2,1-3H3/t26-,29-,31-/m0/s1. The van der Waals surface area contributed by atoms with Crippen LogP contribution in [-0.4, -0.2) is 48.0 Å². The molecule has 2 aromatic carbocycles. The molecule has 1 heterocycles. The fraction of sp³-hybridized carbons (Fsp3) is 0.559. The molecule has 1 aromatic heterocycles. The number of hydrogen-bond donors (Lipinski definition) is 0. The summed E-state index contributed by atoms with van der Waals surface area (Å²) >= 11 is 0. The largest absolute Gasteiger partial charge is 0.494 e. The summed E-state index contributed by atoms with van der Waals surface area (Å²) in [6.45, 7) is 7.95. The van der Waals surface area contributed by atoms with Crippen molar-refractivity contribution >= 4 is 30.7 Å². The Morgan fingerprint density at radius 1 is 0.930 bits per heavy atom. The summed E-state index contributed by atoms with van der Waals surface area (Å²) in [7, 11) is -1.41. The Bertz CT molecular complexity index is 1460. The van der Waals surface area contributed by atoms with Crippen LogP contribution in [0.3, 0.4) is 0 Å². The van der Waals surface area contributed by atoms with Crippen molar-refractivity contribution in [3.8, 4) is 5.75 Å². The monoisotopic (exact) mass is 603 g/mol. The Hall–Kier alpha value is -3.33. The second kappa shape index (κ2) is 14.0. The maximum Gasteiger partial charge on any atom is 0.310 e. The molecule has 230 valence electrons. The lowest BCUT2D eigenvalue weighted by molar-refractivity contribution is -0.150. The zero-order chi connectivity index (χ0) is 30.4. The molecular weight excluding hydrogens is 558 g/mol. The van der Waals surface area contributed by atoms with Crippen molar-refractivity contribution < 1.29 is 19.1 Å². The fourth-order valence-electron chi connectivity index (χ4n) is 6.60. The SMILES string of the molecule is C[Si](C)(C)CCOC(=O)[C@H]1[C@H](Cn2nnc3ccccc3c2=O)CC[C@@H]1C(=O)c1ccc(OCCC2CCCCC2)cc1. The second-order valence-electron chi connectivity index (χ2n) is 13.6. The van der Waals surface area contributed by atoms with Crippen LogP contribution in [0.2, 0.25) is 25.7 Å². The molecule has 0 bridgehead atoms.